The van der Waals surface area contributed by atoms with Gasteiger partial charge in [0.25, 0.3) is 0 Å². The highest BCUT2D eigenvalue weighted by Crippen LogP contribution is 2.35. The first-order valence-corrected chi connectivity index (χ1v) is 9.23. The molecule has 3 aromatic rings. The van der Waals surface area contributed by atoms with Crippen molar-refractivity contribution in [3.63, 3.8) is 0 Å². The van der Waals surface area contributed by atoms with Crippen LogP contribution >= 0.6 is 0 Å². The molecule has 0 spiro atoms. The first-order chi connectivity index (χ1) is 13.4. The summed E-state index contributed by atoms with van der Waals surface area (Å²) in [6.45, 7) is 0.304. The maximum atomic E-state index is 5.57. The van der Waals surface area contributed by atoms with Crippen molar-refractivity contribution in [1.82, 2.24) is 0 Å². The number of rotatable bonds is 6. The van der Waals surface area contributed by atoms with E-state index in [4.69, 9.17) is 9.47 Å². The van der Waals surface area contributed by atoms with Crippen molar-refractivity contribution >= 4 is 12.2 Å². The minimum absolute atomic E-state index is 0.304. The molecule has 2 heteroatoms. The fourth-order valence-corrected chi connectivity index (χ4v) is 3.18. The van der Waals surface area contributed by atoms with Gasteiger partial charge in [0.2, 0.25) is 6.79 Å². The number of fused-ring (bicyclic) bond motifs is 1. The van der Waals surface area contributed by atoms with E-state index in [9.17, 15) is 0 Å². The first-order valence-electron chi connectivity index (χ1n) is 9.23. The highest BCUT2D eigenvalue weighted by Gasteiger charge is 2.16. The molecule has 1 aliphatic heterocycles. The molecule has 0 saturated heterocycles. The normalized spacial score (nSPS) is 12.9. The Morgan fingerprint density at radius 1 is 0.630 bits per heavy atom. The molecule has 0 radical (unpaired) electrons. The van der Waals surface area contributed by atoms with E-state index < -0.39 is 0 Å². The lowest BCUT2D eigenvalue weighted by Crippen LogP contribution is -1.92. The molecule has 0 aromatic heterocycles. The Balaban J connectivity index is 1.52. The van der Waals surface area contributed by atoms with E-state index in [0.717, 1.165) is 24.3 Å². The average Bonchev–Trinajstić information content (AvgIpc) is 3.17. The van der Waals surface area contributed by atoms with Gasteiger partial charge in [-0.1, -0.05) is 85.0 Å². The molecule has 1 heterocycles. The molecule has 0 atom stereocenters. The summed E-state index contributed by atoms with van der Waals surface area (Å²) in [6.07, 6.45) is 10.5. The third kappa shape index (κ3) is 4.48. The van der Waals surface area contributed by atoms with Gasteiger partial charge < -0.3 is 9.47 Å². The van der Waals surface area contributed by atoms with Crippen molar-refractivity contribution in [2.45, 2.75) is 12.8 Å². The Bertz CT molecular complexity index is 862. The SMILES string of the molecule is C(=C\c1ccccc1)/Cc1cc2c(cc1C/C=C/c1ccccc1)OCO2. The average molecular weight is 354 g/mol. The lowest BCUT2D eigenvalue weighted by molar-refractivity contribution is 0.174. The van der Waals surface area contributed by atoms with Crippen LogP contribution in [0.25, 0.3) is 12.2 Å². The fourth-order valence-electron chi connectivity index (χ4n) is 3.18. The summed E-state index contributed by atoms with van der Waals surface area (Å²) >= 11 is 0. The summed E-state index contributed by atoms with van der Waals surface area (Å²) in [5, 5.41) is 0. The summed E-state index contributed by atoms with van der Waals surface area (Å²) in [6, 6.07) is 25.0. The molecule has 134 valence electrons. The summed E-state index contributed by atoms with van der Waals surface area (Å²) in [5.74, 6) is 1.68. The second kappa shape index (κ2) is 8.41. The number of ether oxygens (including phenoxy) is 2. The van der Waals surface area contributed by atoms with E-state index in [2.05, 4.69) is 85.0 Å². The Hall–Kier alpha value is -3.26. The van der Waals surface area contributed by atoms with Gasteiger partial charge in [0, 0.05) is 0 Å². The summed E-state index contributed by atoms with van der Waals surface area (Å²) in [5.41, 5.74) is 4.96. The molecule has 4 rings (SSSR count). The molecule has 27 heavy (non-hydrogen) atoms. The molecule has 0 amide bonds. The fraction of sp³-hybridized carbons (Fsp3) is 0.120. The van der Waals surface area contributed by atoms with Crippen LogP contribution in [0.1, 0.15) is 22.3 Å². The van der Waals surface area contributed by atoms with Crippen LogP contribution in [0.4, 0.5) is 0 Å². The first kappa shape index (κ1) is 17.2. The van der Waals surface area contributed by atoms with Gasteiger partial charge in [-0.3, -0.25) is 0 Å². The zero-order chi connectivity index (χ0) is 18.3. The summed E-state index contributed by atoms with van der Waals surface area (Å²) in [7, 11) is 0. The van der Waals surface area contributed by atoms with Gasteiger partial charge in [0.05, 0.1) is 0 Å². The standard InChI is InChI=1S/C25H22O2/c1-3-9-20(10-4-1)13-7-15-22-17-24-25(27-19-26-24)18-23(22)16-8-14-21-11-5-2-6-12-21/h1-14,17-18H,15-16,19H2/b13-7+,14-8+. The van der Waals surface area contributed by atoms with Crippen LogP contribution in [0.5, 0.6) is 11.5 Å². The molecule has 1 aliphatic rings. The van der Waals surface area contributed by atoms with Gasteiger partial charge in [0.1, 0.15) is 0 Å². The number of allylic oxidation sites excluding steroid dienone is 2. The monoisotopic (exact) mass is 354 g/mol. The molecule has 0 N–H and O–H groups in total. The molecule has 3 aromatic carbocycles. The molecular formula is C25H22O2. The van der Waals surface area contributed by atoms with Gasteiger partial charge in [-0.15, -0.1) is 0 Å². The highest BCUT2D eigenvalue weighted by atomic mass is 16.7. The summed E-state index contributed by atoms with van der Waals surface area (Å²) in [4.78, 5) is 0. The van der Waals surface area contributed by atoms with Crippen LogP contribution in [0.15, 0.2) is 84.9 Å². The van der Waals surface area contributed by atoms with Crippen LogP contribution < -0.4 is 9.47 Å². The molecule has 0 saturated carbocycles. The minimum atomic E-state index is 0.304. The van der Waals surface area contributed by atoms with Crippen LogP contribution in [0.2, 0.25) is 0 Å². The predicted octanol–water partition coefficient (Wildman–Crippen LogP) is 5.93. The van der Waals surface area contributed by atoms with E-state index in [0.29, 0.717) is 6.79 Å². The van der Waals surface area contributed by atoms with Crippen LogP contribution in [-0.4, -0.2) is 6.79 Å². The van der Waals surface area contributed by atoms with Crippen molar-refractivity contribution in [2.75, 3.05) is 6.79 Å². The molecule has 2 nitrogen and oxygen atoms in total. The Labute approximate surface area is 160 Å². The third-order valence-corrected chi connectivity index (χ3v) is 4.59. The predicted molar refractivity (Wildman–Crippen MR) is 111 cm³/mol. The topological polar surface area (TPSA) is 18.5 Å². The maximum absolute atomic E-state index is 5.57. The van der Waals surface area contributed by atoms with Crippen molar-refractivity contribution < 1.29 is 9.47 Å². The number of hydrogen-bond donors (Lipinski definition) is 0. The lowest BCUT2D eigenvalue weighted by atomic mass is 9.99. The van der Waals surface area contributed by atoms with E-state index in [1.54, 1.807) is 0 Å². The molecule has 0 fully saturated rings. The smallest absolute Gasteiger partial charge is 0.231 e. The third-order valence-electron chi connectivity index (χ3n) is 4.59. The molecular weight excluding hydrogens is 332 g/mol. The van der Waals surface area contributed by atoms with Crippen LogP contribution in [0.3, 0.4) is 0 Å². The van der Waals surface area contributed by atoms with E-state index in [-0.39, 0.29) is 0 Å². The van der Waals surface area contributed by atoms with Crippen LogP contribution in [0, 0.1) is 0 Å². The second-order valence-electron chi connectivity index (χ2n) is 6.51. The molecule has 0 aliphatic carbocycles. The van der Waals surface area contributed by atoms with Gasteiger partial charge >= 0.3 is 0 Å². The maximum Gasteiger partial charge on any atom is 0.231 e. The molecule has 0 bridgehead atoms. The van der Waals surface area contributed by atoms with E-state index >= 15 is 0 Å². The largest absolute Gasteiger partial charge is 0.454 e. The zero-order valence-corrected chi connectivity index (χ0v) is 15.2. The van der Waals surface area contributed by atoms with Gasteiger partial charge in [-0.25, -0.2) is 0 Å². The number of hydrogen-bond acceptors (Lipinski definition) is 2. The van der Waals surface area contributed by atoms with E-state index in [1.165, 1.54) is 22.3 Å². The Morgan fingerprint density at radius 2 is 1.07 bits per heavy atom. The van der Waals surface area contributed by atoms with Crippen molar-refractivity contribution in [2.24, 2.45) is 0 Å². The highest BCUT2D eigenvalue weighted by molar-refractivity contribution is 5.54. The Morgan fingerprint density at radius 3 is 1.52 bits per heavy atom. The van der Waals surface area contributed by atoms with E-state index in [1.807, 2.05) is 12.1 Å². The Kier molecular flexibility index (Phi) is 5.35. The quantitative estimate of drug-likeness (QED) is 0.546. The molecule has 0 unspecified atom stereocenters. The zero-order valence-electron chi connectivity index (χ0n) is 15.2. The van der Waals surface area contributed by atoms with Crippen molar-refractivity contribution in [1.29, 1.82) is 0 Å². The van der Waals surface area contributed by atoms with Gasteiger partial charge in [-0.05, 0) is 47.2 Å². The van der Waals surface area contributed by atoms with Crippen molar-refractivity contribution in [3.05, 3.63) is 107 Å². The minimum Gasteiger partial charge on any atom is -0.454 e. The lowest BCUT2D eigenvalue weighted by Gasteiger charge is -2.08. The number of benzene rings is 3. The second-order valence-corrected chi connectivity index (χ2v) is 6.51. The van der Waals surface area contributed by atoms with Gasteiger partial charge in [-0.2, -0.15) is 0 Å². The summed E-state index contributed by atoms with van der Waals surface area (Å²) < 4.78 is 11.1. The van der Waals surface area contributed by atoms with Crippen LogP contribution in [-0.2, 0) is 12.8 Å². The van der Waals surface area contributed by atoms with Gasteiger partial charge in [0.15, 0.2) is 11.5 Å². The van der Waals surface area contributed by atoms with Crippen molar-refractivity contribution in [3.8, 4) is 11.5 Å².